The molecule has 1 unspecified atom stereocenters. The molecule has 0 bridgehead atoms. The lowest BCUT2D eigenvalue weighted by Gasteiger charge is -2.28. The Labute approximate surface area is 156 Å². The number of hydrogen-bond donors (Lipinski definition) is 1. The monoisotopic (exact) mass is 369 g/mol. The second-order valence-corrected chi connectivity index (χ2v) is 6.97. The van der Waals surface area contributed by atoms with Gasteiger partial charge in [-0.1, -0.05) is 0 Å². The Morgan fingerprint density at radius 1 is 1.33 bits per heavy atom. The molecule has 0 spiro atoms. The van der Waals surface area contributed by atoms with E-state index in [1.165, 1.54) is 6.33 Å². The SMILES string of the molecule is Cc1nc(C)n(C[C@@H]2CCCN2C(=O)C(C)n2cnc3c(N)ncnc32)n1. The number of nitrogens with zero attached hydrogens (tertiary/aromatic N) is 8. The van der Waals surface area contributed by atoms with Crippen LogP contribution in [0.5, 0.6) is 0 Å². The molecule has 1 fully saturated rings. The largest absolute Gasteiger partial charge is 0.382 e. The number of rotatable bonds is 4. The zero-order chi connectivity index (χ0) is 19.1. The van der Waals surface area contributed by atoms with Gasteiger partial charge in [0.2, 0.25) is 5.91 Å². The van der Waals surface area contributed by atoms with Crippen LogP contribution in [-0.2, 0) is 11.3 Å². The van der Waals surface area contributed by atoms with Crippen LogP contribution in [0.25, 0.3) is 11.2 Å². The number of likely N-dealkylation sites (tertiary alicyclic amines) is 1. The van der Waals surface area contributed by atoms with Gasteiger partial charge < -0.3 is 15.2 Å². The number of carbonyl (C=O) groups excluding carboxylic acids is 1. The summed E-state index contributed by atoms with van der Waals surface area (Å²) in [6.07, 6.45) is 4.93. The van der Waals surface area contributed by atoms with Crippen molar-refractivity contribution in [2.24, 2.45) is 0 Å². The first kappa shape index (κ1) is 17.4. The lowest BCUT2D eigenvalue weighted by Crippen LogP contribution is -2.41. The van der Waals surface area contributed by atoms with Crippen molar-refractivity contribution in [1.29, 1.82) is 0 Å². The Bertz CT molecular complexity index is 992. The van der Waals surface area contributed by atoms with Crippen molar-refractivity contribution < 1.29 is 4.79 Å². The third kappa shape index (κ3) is 3.00. The fourth-order valence-electron chi connectivity index (χ4n) is 3.76. The first-order valence-electron chi connectivity index (χ1n) is 9.07. The number of aryl methyl sites for hydroxylation is 2. The molecule has 1 saturated heterocycles. The van der Waals surface area contributed by atoms with Gasteiger partial charge in [-0.15, -0.1) is 0 Å². The molecule has 3 aromatic rings. The van der Waals surface area contributed by atoms with Crippen molar-refractivity contribution in [1.82, 2.24) is 39.2 Å². The lowest BCUT2D eigenvalue weighted by atomic mass is 10.2. The van der Waals surface area contributed by atoms with Crippen molar-refractivity contribution >= 4 is 22.9 Å². The molecule has 1 aliphatic rings. The number of carbonyl (C=O) groups is 1. The minimum absolute atomic E-state index is 0.0449. The summed E-state index contributed by atoms with van der Waals surface area (Å²) in [5, 5.41) is 4.43. The summed E-state index contributed by atoms with van der Waals surface area (Å²) in [6.45, 7) is 7.07. The van der Waals surface area contributed by atoms with E-state index in [-0.39, 0.29) is 11.9 Å². The number of anilines is 1. The fourth-order valence-corrected chi connectivity index (χ4v) is 3.76. The summed E-state index contributed by atoms with van der Waals surface area (Å²) < 4.78 is 3.65. The van der Waals surface area contributed by atoms with Gasteiger partial charge in [-0.3, -0.25) is 4.79 Å². The van der Waals surface area contributed by atoms with Crippen molar-refractivity contribution in [3.8, 4) is 0 Å². The van der Waals surface area contributed by atoms with Gasteiger partial charge in [0, 0.05) is 6.54 Å². The maximum Gasteiger partial charge on any atom is 0.245 e. The van der Waals surface area contributed by atoms with E-state index in [1.54, 1.807) is 10.9 Å². The van der Waals surface area contributed by atoms with Gasteiger partial charge in [0.05, 0.1) is 18.9 Å². The van der Waals surface area contributed by atoms with E-state index in [1.807, 2.05) is 30.4 Å². The second kappa shape index (κ2) is 6.60. The molecule has 10 nitrogen and oxygen atoms in total. The maximum atomic E-state index is 13.2. The van der Waals surface area contributed by atoms with Crippen LogP contribution in [0.15, 0.2) is 12.7 Å². The average molecular weight is 369 g/mol. The molecule has 0 saturated carbocycles. The topological polar surface area (TPSA) is 121 Å². The average Bonchev–Trinajstić information content (AvgIpc) is 3.34. The highest BCUT2D eigenvalue weighted by atomic mass is 16.2. The molecule has 0 aliphatic carbocycles. The first-order chi connectivity index (χ1) is 13.0. The van der Waals surface area contributed by atoms with Gasteiger partial charge in [-0.05, 0) is 33.6 Å². The Morgan fingerprint density at radius 3 is 2.89 bits per heavy atom. The minimum atomic E-state index is -0.427. The highest BCUT2D eigenvalue weighted by molar-refractivity contribution is 5.85. The quantitative estimate of drug-likeness (QED) is 0.724. The standard InChI is InChI=1S/C17H23N9O/c1-10(25-9-21-14-15(18)19-8-20-16(14)25)17(27)24-6-4-5-13(24)7-26-12(3)22-11(2)23-26/h8-10,13H,4-7H2,1-3H3,(H2,18,19,20)/t10?,13-/m0/s1. The third-order valence-electron chi connectivity index (χ3n) is 5.17. The Morgan fingerprint density at radius 2 is 2.15 bits per heavy atom. The maximum absolute atomic E-state index is 13.2. The van der Waals surface area contributed by atoms with Crippen LogP contribution in [0.1, 0.15) is 37.5 Å². The van der Waals surface area contributed by atoms with Gasteiger partial charge in [0.25, 0.3) is 0 Å². The molecule has 2 atom stereocenters. The third-order valence-corrected chi connectivity index (χ3v) is 5.17. The molecule has 1 aliphatic heterocycles. The molecule has 10 heteroatoms. The normalized spacial score (nSPS) is 18.3. The van der Waals surface area contributed by atoms with Crippen LogP contribution in [0, 0.1) is 13.8 Å². The smallest absolute Gasteiger partial charge is 0.245 e. The molecule has 3 aromatic heterocycles. The Kier molecular flexibility index (Phi) is 4.25. The van der Waals surface area contributed by atoms with Gasteiger partial charge in [0.1, 0.15) is 29.5 Å². The van der Waals surface area contributed by atoms with Crippen molar-refractivity contribution in [2.45, 2.75) is 52.2 Å². The van der Waals surface area contributed by atoms with E-state index in [2.05, 4.69) is 25.0 Å². The van der Waals surface area contributed by atoms with Crippen molar-refractivity contribution in [3.05, 3.63) is 24.3 Å². The molecule has 142 valence electrons. The van der Waals surface area contributed by atoms with Crippen LogP contribution in [0.4, 0.5) is 5.82 Å². The Balaban J connectivity index is 1.57. The van der Waals surface area contributed by atoms with Gasteiger partial charge in [0.15, 0.2) is 11.5 Å². The number of fused-ring (bicyclic) bond motifs is 1. The van der Waals surface area contributed by atoms with Crippen LogP contribution < -0.4 is 5.73 Å². The zero-order valence-electron chi connectivity index (χ0n) is 15.7. The summed E-state index contributed by atoms with van der Waals surface area (Å²) in [4.78, 5) is 32.0. The number of aromatic nitrogens is 7. The van der Waals surface area contributed by atoms with Crippen LogP contribution >= 0.6 is 0 Å². The number of hydrogen-bond acceptors (Lipinski definition) is 7. The minimum Gasteiger partial charge on any atom is -0.382 e. The molecule has 2 N–H and O–H groups in total. The van der Waals surface area contributed by atoms with Crippen molar-refractivity contribution in [2.75, 3.05) is 12.3 Å². The molecular formula is C17H23N9O. The van der Waals surface area contributed by atoms with Gasteiger partial charge in [-0.2, -0.15) is 5.10 Å². The molecule has 0 radical (unpaired) electrons. The Hall–Kier alpha value is -3.04. The number of imidazole rings is 1. The van der Waals surface area contributed by atoms with Gasteiger partial charge >= 0.3 is 0 Å². The molecule has 4 rings (SSSR count). The summed E-state index contributed by atoms with van der Waals surface area (Å²) in [5.74, 6) is 1.98. The number of amides is 1. The number of nitrogens with two attached hydrogens (primary N) is 1. The molecule has 1 amide bonds. The van der Waals surface area contributed by atoms with Crippen LogP contribution in [-0.4, -0.2) is 57.7 Å². The molecule has 0 aromatic carbocycles. The summed E-state index contributed by atoms with van der Waals surface area (Å²) in [7, 11) is 0. The van der Waals surface area contributed by atoms with E-state index < -0.39 is 6.04 Å². The molecular weight excluding hydrogens is 346 g/mol. The molecule has 4 heterocycles. The number of nitrogen functional groups attached to an aromatic ring is 1. The lowest BCUT2D eigenvalue weighted by molar-refractivity contribution is -0.135. The van der Waals surface area contributed by atoms with E-state index in [9.17, 15) is 4.79 Å². The fraction of sp³-hybridized carbons (Fsp3) is 0.529. The van der Waals surface area contributed by atoms with Crippen LogP contribution in [0.2, 0.25) is 0 Å². The van der Waals surface area contributed by atoms with Gasteiger partial charge in [-0.25, -0.2) is 24.6 Å². The predicted molar refractivity (Wildman–Crippen MR) is 98.7 cm³/mol. The second-order valence-electron chi connectivity index (χ2n) is 6.97. The van der Waals surface area contributed by atoms with Crippen LogP contribution in [0.3, 0.4) is 0 Å². The van der Waals surface area contributed by atoms with Crippen molar-refractivity contribution in [3.63, 3.8) is 0 Å². The highest BCUT2D eigenvalue weighted by Gasteiger charge is 2.33. The summed E-state index contributed by atoms with van der Waals surface area (Å²) in [5.41, 5.74) is 6.94. The van der Waals surface area contributed by atoms with E-state index in [0.29, 0.717) is 23.5 Å². The highest BCUT2D eigenvalue weighted by Crippen LogP contribution is 2.25. The van der Waals surface area contributed by atoms with E-state index in [4.69, 9.17) is 5.73 Å². The zero-order valence-corrected chi connectivity index (χ0v) is 15.7. The van der Waals surface area contributed by atoms with E-state index >= 15 is 0 Å². The van der Waals surface area contributed by atoms with E-state index in [0.717, 1.165) is 31.0 Å². The molecule has 27 heavy (non-hydrogen) atoms. The predicted octanol–water partition coefficient (Wildman–Crippen LogP) is 0.869. The summed E-state index contributed by atoms with van der Waals surface area (Å²) >= 11 is 0. The first-order valence-corrected chi connectivity index (χ1v) is 9.07. The summed E-state index contributed by atoms with van der Waals surface area (Å²) in [6, 6.07) is -0.322.